The van der Waals surface area contributed by atoms with Crippen LogP contribution >= 0.6 is 23.2 Å². The highest BCUT2D eigenvalue weighted by molar-refractivity contribution is 6.35. The van der Waals surface area contributed by atoms with Crippen molar-refractivity contribution in [2.45, 2.75) is 6.43 Å². The Kier molecular flexibility index (Phi) is 3.21. The van der Waals surface area contributed by atoms with Crippen molar-refractivity contribution in [2.75, 3.05) is 0 Å². The van der Waals surface area contributed by atoms with Gasteiger partial charge in [-0.1, -0.05) is 23.2 Å². The van der Waals surface area contributed by atoms with Crippen LogP contribution in [0.15, 0.2) is 0 Å². The Morgan fingerprint density at radius 2 is 1.14 bits per heavy atom. The quantitative estimate of drug-likeness (QED) is 0.395. The van der Waals surface area contributed by atoms with Crippen molar-refractivity contribution >= 4 is 23.2 Å². The Labute approximate surface area is 85.2 Å². The van der Waals surface area contributed by atoms with Gasteiger partial charge in [0.2, 0.25) is 0 Å². The van der Waals surface area contributed by atoms with Gasteiger partial charge in [-0.05, 0) is 0 Å². The molecule has 0 aliphatic rings. The summed E-state index contributed by atoms with van der Waals surface area (Å²) < 4.78 is 62.4. The molecule has 0 spiro atoms. The summed E-state index contributed by atoms with van der Waals surface area (Å²) in [7, 11) is 0. The molecule has 78 valence electrons. The third-order valence-electron chi connectivity index (χ3n) is 1.46. The maximum atomic E-state index is 12.8. The average molecular weight is 251 g/mol. The van der Waals surface area contributed by atoms with Crippen LogP contribution in [0, 0.1) is 17.5 Å². The average Bonchev–Trinajstić information content (AvgIpc) is 2.11. The fourth-order valence-electron chi connectivity index (χ4n) is 0.813. The van der Waals surface area contributed by atoms with Crippen LogP contribution in [0.3, 0.4) is 0 Å². The monoisotopic (exact) mass is 250 g/mol. The summed E-state index contributed by atoms with van der Waals surface area (Å²) >= 11 is 9.94. The van der Waals surface area contributed by atoms with Gasteiger partial charge in [0, 0.05) is 0 Å². The number of alkyl halides is 2. The van der Waals surface area contributed by atoms with E-state index in [0.717, 1.165) is 0 Å². The molecule has 0 aliphatic heterocycles. The van der Waals surface area contributed by atoms with Gasteiger partial charge in [0.1, 0.15) is 10.0 Å². The zero-order valence-corrected chi connectivity index (χ0v) is 7.73. The maximum Gasteiger partial charge on any atom is 0.269 e. The zero-order chi connectivity index (χ0) is 11.0. The van der Waals surface area contributed by atoms with Gasteiger partial charge in [-0.25, -0.2) is 22.0 Å². The second-order valence-electron chi connectivity index (χ2n) is 2.28. The molecule has 0 nitrogen and oxygen atoms in total. The third kappa shape index (κ3) is 1.66. The molecule has 0 N–H and O–H groups in total. The van der Waals surface area contributed by atoms with Crippen molar-refractivity contribution in [3.8, 4) is 0 Å². The predicted molar refractivity (Wildman–Crippen MR) is 41.3 cm³/mol. The fourth-order valence-corrected chi connectivity index (χ4v) is 1.25. The van der Waals surface area contributed by atoms with E-state index in [1.165, 1.54) is 0 Å². The molecule has 0 radical (unpaired) electrons. The van der Waals surface area contributed by atoms with Gasteiger partial charge in [-0.15, -0.1) is 0 Å². The molecule has 1 rings (SSSR count). The number of halogens is 7. The van der Waals surface area contributed by atoms with Crippen LogP contribution in [0.4, 0.5) is 22.0 Å². The van der Waals surface area contributed by atoms with Crippen LogP contribution in [0.25, 0.3) is 0 Å². The van der Waals surface area contributed by atoms with Crippen LogP contribution in [0.1, 0.15) is 12.0 Å². The highest BCUT2D eigenvalue weighted by atomic mass is 35.5. The minimum Gasteiger partial charge on any atom is -0.205 e. The van der Waals surface area contributed by atoms with Crippen molar-refractivity contribution in [3.63, 3.8) is 0 Å². The summed E-state index contributed by atoms with van der Waals surface area (Å²) in [5.74, 6) is -5.25. The van der Waals surface area contributed by atoms with Crippen molar-refractivity contribution in [1.29, 1.82) is 0 Å². The fraction of sp³-hybridized carbons (Fsp3) is 0.143. The first-order valence-electron chi connectivity index (χ1n) is 3.17. The standard InChI is InChI=1S/C7HCl2F5/c8-2-4(10)1(7(13)14)5(11)3(9)6(2)12/h7H. The van der Waals surface area contributed by atoms with E-state index >= 15 is 0 Å². The molecule has 0 amide bonds. The number of rotatable bonds is 1. The molecular weight excluding hydrogens is 250 g/mol. The first-order chi connectivity index (χ1) is 6.37. The van der Waals surface area contributed by atoms with E-state index in [9.17, 15) is 22.0 Å². The van der Waals surface area contributed by atoms with E-state index in [0.29, 0.717) is 0 Å². The molecule has 0 atom stereocenters. The minimum atomic E-state index is -3.45. The van der Waals surface area contributed by atoms with E-state index < -0.39 is 39.5 Å². The first kappa shape index (κ1) is 11.5. The Morgan fingerprint density at radius 3 is 1.43 bits per heavy atom. The lowest BCUT2D eigenvalue weighted by atomic mass is 10.2. The second-order valence-corrected chi connectivity index (χ2v) is 3.04. The lowest BCUT2D eigenvalue weighted by molar-refractivity contribution is 0.140. The Hall–Kier alpha value is -0.550. The molecule has 14 heavy (non-hydrogen) atoms. The van der Waals surface area contributed by atoms with E-state index in [1.54, 1.807) is 0 Å². The van der Waals surface area contributed by atoms with Gasteiger partial charge in [0.25, 0.3) is 6.43 Å². The maximum absolute atomic E-state index is 12.8. The molecule has 1 aromatic rings. The third-order valence-corrected chi connectivity index (χ3v) is 2.13. The Bertz CT molecular complexity index is 348. The van der Waals surface area contributed by atoms with Crippen LogP contribution in [0.5, 0.6) is 0 Å². The predicted octanol–water partition coefficient (Wildman–Crippen LogP) is 4.35. The highest BCUT2D eigenvalue weighted by Crippen LogP contribution is 2.36. The molecule has 7 heteroatoms. The highest BCUT2D eigenvalue weighted by Gasteiger charge is 2.28. The number of hydrogen-bond acceptors (Lipinski definition) is 0. The normalized spacial score (nSPS) is 11.1. The molecular formula is C7HCl2F5. The Balaban J connectivity index is 3.60. The number of benzene rings is 1. The van der Waals surface area contributed by atoms with Crippen molar-refractivity contribution in [2.24, 2.45) is 0 Å². The van der Waals surface area contributed by atoms with Gasteiger partial charge < -0.3 is 0 Å². The molecule has 0 aromatic heterocycles. The van der Waals surface area contributed by atoms with Gasteiger partial charge in [0.05, 0.1) is 5.56 Å². The van der Waals surface area contributed by atoms with Crippen molar-refractivity contribution < 1.29 is 22.0 Å². The van der Waals surface area contributed by atoms with Crippen LogP contribution in [-0.2, 0) is 0 Å². The Morgan fingerprint density at radius 1 is 0.786 bits per heavy atom. The molecule has 0 bridgehead atoms. The molecule has 0 saturated carbocycles. The lowest BCUT2D eigenvalue weighted by Gasteiger charge is -2.07. The van der Waals surface area contributed by atoms with Crippen molar-refractivity contribution in [3.05, 3.63) is 33.1 Å². The lowest BCUT2D eigenvalue weighted by Crippen LogP contribution is -2.01. The molecule has 1 aromatic carbocycles. The zero-order valence-electron chi connectivity index (χ0n) is 6.22. The number of hydrogen-bond donors (Lipinski definition) is 0. The van der Waals surface area contributed by atoms with E-state index in [2.05, 4.69) is 0 Å². The summed E-state index contributed by atoms with van der Waals surface area (Å²) in [6, 6.07) is 0. The topological polar surface area (TPSA) is 0 Å². The van der Waals surface area contributed by atoms with Crippen LogP contribution in [-0.4, -0.2) is 0 Å². The van der Waals surface area contributed by atoms with E-state index in [-0.39, 0.29) is 0 Å². The van der Waals surface area contributed by atoms with Crippen LogP contribution < -0.4 is 0 Å². The first-order valence-corrected chi connectivity index (χ1v) is 3.93. The largest absolute Gasteiger partial charge is 0.269 e. The smallest absolute Gasteiger partial charge is 0.205 e. The molecule has 0 unspecified atom stereocenters. The van der Waals surface area contributed by atoms with E-state index in [1.807, 2.05) is 0 Å². The van der Waals surface area contributed by atoms with Crippen molar-refractivity contribution in [1.82, 2.24) is 0 Å². The van der Waals surface area contributed by atoms with Crippen LogP contribution in [0.2, 0.25) is 10.0 Å². The summed E-state index contributed by atoms with van der Waals surface area (Å²) in [4.78, 5) is 0. The summed E-state index contributed by atoms with van der Waals surface area (Å²) in [5, 5.41) is -2.49. The summed E-state index contributed by atoms with van der Waals surface area (Å²) in [6.45, 7) is 0. The molecule has 0 aliphatic carbocycles. The van der Waals surface area contributed by atoms with Gasteiger partial charge in [-0.2, -0.15) is 0 Å². The van der Waals surface area contributed by atoms with E-state index in [4.69, 9.17) is 23.2 Å². The summed E-state index contributed by atoms with van der Waals surface area (Å²) in [6.07, 6.45) is -3.45. The van der Waals surface area contributed by atoms with Gasteiger partial charge in [0.15, 0.2) is 17.5 Å². The van der Waals surface area contributed by atoms with Gasteiger partial charge in [-0.3, -0.25) is 0 Å². The SMILES string of the molecule is Fc1c(Cl)c(F)c(C(F)F)c(F)c1Cl. The minimum absolute atomic E-state index is 1.24. The van der Waals surface area contributed by atoms with Gasteiger partial charge >= 0.3 is 0 Å². The molecule has 0 saturated heterocycles. The summed E-state index contributed by atoms with van der Waals surface area (Å²) in [5.41, 5.74) is -1.62. The molecule has 0 fully saturated rings. The molecule has 0 heterocycles. The second kappa shape index (κ2) is 3.90.